The van der Waals surface area contributed by atoms with E-state index in [9.17, 15) is 5.11 Å². The highest BCUT2D eigenvalue weighted by Crippen LogP contribution is 2.40. The zero-order valence-corrected chi connectivity index (χ0v) is 10.7. The number of hydrogen-bond donors (Lipinski definition) is 1. The van der Waals surface area contributed by atoms with Gasteiger partial charge in [0.15, 0.2) is 0 Å². The van der Waals surface area contributed by atoms with E-state index in [1.807, 2.05) is 0 Å². The van der Waals surface area contributed by atoms with Crippen LogP contribution in [0.25, 0.3) is 0 Å². The summed E-state index contributed by atoms with van der Waals surface area (Å²) in [5.41, 5.74) is 0.158. The Morgan fingerprint density at radius 1 is 1.33 bits per heavy atom. The fourth-order valence-electron chi connectivity index (χ4n) is 2.18. The number of halogens is 2. The smallest absolute Gasteiger partial charge is 0.129 e. The van der Waals surface area contributed by atoms with Crippen LogP contribution in [-0.2, 0) is 5.60 Å². The minimum atomic E-state index is -0.719. The van der Waals surface area contributed by atoms with E-state index in [0.717, 1.165) is 35.7 Å². The van der Waals surface area contributed by atoms with Crippen LogP contribution in [0.3, 0.4) is 0 Å². The van der Waals surface area contributed by atoms with Crippen molar-refractivity contribution in [2.45, 2.75) is 37.7 Å². The molecule has 0 amide bonds. The second-order valence-corrected chi connectivity index (χ2v) is 5.32. The van der Waals surface area contributed by atoms with Crippen molar-refractivity contribution in [2.24, 2.45) is 0 Å². The van der Waals surface area contributed by atoms with E-state index < -0.39 is 5.60 Å². The molecule has 82 valence electrons. The van der Waals surface area contributed by atoms with Crippen LogP contribution in [0.2, 0.25) is 5.15 Å². The molecule has 1 N–H and O–H groups in total. The third kappa shape index (κ3) is 2.35. The Hall–Kier alpha value is -0.120. The van der Waals surface area contributed by atoms with Crippen LogP contribution in [0.5, 0.6) is 0 Å². The Labute approximate surface area is 103 Å². The monoisotopic (exact) mass is 289 g/mol. The Kier molecular flexibility index (Phi) is 3.33. The summed E-state index contributed by atoms with van der Waals surface area (Å²) in [5, 5.41) is 11.0. The van der Waals surface area contributed by atoms with Crippen LogP contribution in [0.4, 0.5) is 0 Å². The SMILES string of the molecule is OC1(c2cc(Cl)ncc2Br)CCCCC1. The third-order valence-electron chi connectivity index (χ3n) is 3.00. The summed E-state index contributed by atoms with van der Waals surface area (Å²) in [7, 11) is 0. The van der Waals surface area contributed by atoms with Gasteiger partial charge in [-0.2, -0.15) is 0 Å². The van der Waals surface area contributed by atoms with Crippen LogP contribution in [0.1, 0.15) is 37.7 Å². The van der Waals surface area contributed by atoms with Crippen LogP contribution in [-0.4, -0.2) is 10.1 Å². The van der Waals surface area contributed by atoms with E-state index in [0.29, 0.717) is 5.15 Å². The van der Waals surface area contributed by atoms with Crippen LogP contribution >= 0.6 is 27.5 Å². The standard InChI is InChI=1S/C11H13BrClNO/c12-9-7-14-10(13)6-8(9)11(15)4-2-1-3-5-11/h6-7,15H,1-5H2. The van der Waals surface area contributed by atoms with E-state index in [1.165, 1.54) is 6.42 Å². The zero-order valence-electron chi connectivity index (χ0n) is 8.34. The first kappa shape index (κ1) is 11.4. The van der Waals surface area contributed by atoms with E-state index in [1.54, 1.807) is 12.3 Å². The molecular weight excluding hydrogens is 277 g/mol. The van der Waals surface area contributed by atoms with Crippen molar-refractivity contribution in [2.75, 3.05) is 0 Å². The lowest BCUT2D eigenvalue weighted by Crippen LogP contribution is -2.28. The first-order valence-electron chi connectivity index (χ1n) is 5.16. The molecule has 1 heterocycles. The molecule has 1 aliphatic carbocycles. The molecule has 1 saturated carbocycles. The normalized spacial score (nSPS) is 20.2. The molecule has 0 spiro atoms. The molecule has 0 saturated heterocycles. The lowest BCUT2D eigenvalue weighted by molar-refractivity contribution is -0.00136. The van der Waals surface area contributed by atoms with Gasteiger partial charge in [0.2, 0.25) is 0 Å². The topological polar surface area (TPSA) is 33.1 Å². The van der Waals surface area contributed by atoms with Gasteiger partial charge in [-0.25, -0.2) is 4.98 Å². The molecule has 15 heavy (non-hydrogen) atoms. The minimum Gasteiger partial charge on any atom is -0.385 e. The average molecular weight is 291 g/mol. The quantitative estimate of drug-likeness (QED) is 0.801. The highest BCUT2D eigenvalue weighted by atomic mass is 79.9. The predicted molar refractivity (Wildman–Crippen MR) is 63.9 cm³/mol. The fraction of sp³-hybridized carbons (Fsp3) is 0.545. The molecular formula is C11H13BrClNO. The lowest BCUT2D eigenvalue weighted by Gasteiger charge is -2.33. The highest BCUT2D eigenvalue weighted by molar-refractivity contribution is 9.10. The number of rotatable bonds is 1. The van der Waals surface area contributed by atoms with Gasteiger partial charge in [0.25, 0.3) is 0 Å². The summed E-state index contributed by atoms with van der Waals surface area (Å²) < 4.78 is 0.844. The van der Waals surface area contributed by atoms with Gasteiger partial charge < -0.3 is 5.11 Å². The van der Waals surface area contributed by atoms with Gasteiger partial charge in [-0.1, -0.05) is 30.9 Å². The number of aromatic nitrogens is 1. The molecule has 2 rings (SSSR count). The van der Waals surface area contributed by atoms with Crippen molar-refractivity contribution in [3.8, 4) is 0 Å². The Bertz CT molecular complexity index is 364. The molecule has 0 unspecified atom stereocenters. The molecule has 0 bridgehead atoms. The molecule has 1 fully saturated rings. The van der Waals surface area contributed by atoms with Gasteiger partial charge in [-0.05, 0) is 34.8 Å². The van der Waals surface area contributed by atoms with E-state index in [4.69, 9.17) is 11.6 Å². The maximum Gasteiger partial charge on any atom is 0.129 e. The number of nitrogens with zero attached hydrogens (tertiary/aromatic N) is 1. The number of pyridine rings is 1. The van der Waals surface area contributed by atoms with Crippen molar-refractivity contribution in [1.29, 1.82) is 0 Å². The minimum absolute atomic E-state index is 0.437. The maximum absolute atomic E-state index is 10.5. The molecule has 0 radical (unpaired) electrons. The summed E-state index contributed by atoms with van der Waals surface area (Å²) in [4.78, 5) is 3.97. The molecule has 1 aromatic heterocycles. The zero-order chi connectivity index (χ0) is 10.9. The van der Waals surface area contributed by atoms with Gasteiger partial charge >= 0.3 is 0 Å². The van der Waals surface area contributed by atoms with Crippen molar-refractivity contribution in [3.05, 3.63) is 27.5 Å². The second-order valence-electron chi connectivity index (χ2n) is 4.08. The first-order valence-corrected chi connectivity index (χ1v) is 6.33. The molecule has 4 heteroatoms. The Balaban J connectivity index is 2.38. The third-order valence-corrected chi connectivity index (χ3v) is 3.84. The fourth-order valence-corrected chi connectivity index (χ4v) is 2.92. The van der Waals surface area contributed by atoms with Crippen LogP contribution in [0, 0.1) is 0 Å². The predicted octanol–water partition coefficient (Wildman–Crippen LogP) is 3.65. The molecule has 1 aromatic rings. The summed E-state index contributed by atoms with van der Waals surface area (Å²) in [6, 6.07) is 1.76. The largest absolute Gasteiger partial charge is 0.385 e. The van der Waals surface area contributed by atoms with Gasteiger partial charge in [0.05, 0.1) is 5.60 Å². The summed E-state index contributed by atoms with van der Waals surface area (Å²) in [6.07, 6.45) is 6.63. The summed E-state index contributed by atoms with van der Waals surface area (Å²) >= 11 is 9.27. The number of aliphatic hydroxyl groups is 1. The maximum atomic E-state index is 10.5. The summed E-state index contributed by atoms with van der Waals surface area (Å²) in [6.45, 7) is 0. The van der Waals surface area contributed by atoms with Gasteiger partial charge in [-0.3, -0.25) is 0 Å². The highest BCUT2D eigenvalue weighted by Gasteiger charge is 2.33. The van der Waals surface area contributed by atoms with Crippen molar-refractivity contribution < 1.29 is 5.11 Å². The summed E-state index contributed by atoms with van der Waals surface area (Å²) in [5.74, 6) is 0. The van der Waals surface area contributed by atoms with Gasteiger partial charge in [0.1, 0.15) is 5.15 Å². The van der Waals surface area contributed by atoms with E-state index in [-0.39, 0.29) is 0 Å². The molecule has 0 atom stereocenters. The van der Waals surface area contributed by atoms with Crippen molar-refractivity contribution in [3.63, 3.8) is 0 Å². The Morgan fingerprint density at radius 2 is 2.00 bits per heavy atom. The Morgan fingerprint density at radius 3 is 2.67 bits per heavy atom. The lowest BCUT2D eigenvalue weighted by atomic mass is 9.80. The molecule has 2 nitrogen and oxygen atoms in total. The van der Waals surface area contributed by atoms with E-state index in [2.05, 4.69) is 20.9 Å². The van der Waals surface area contributed by atoms with E-state index >= 15 is 0 Å². The van der Waals surface area contributed by atoms with Gasteiger partial charge in [0, 0.05) is 16.2 Å². The molecule has 0 aliphatic heterocycles. The van der Waals surface area contributed by atoms with Crippen molar-refractivity contribution >= 4 is 27.5 Å². The van der Waals surface area contributed by atoms with Gasteiger partial charge in [-0.15, -0.1) is 0 Å². The number of hydrogen-bond acceptors (Lipinski definition) is 2. The molecule has 0 aromatic carbocycles. The van der Waals surface area contributed by atoms with Crippen LogP contribution in [0.15, 0.2) is 16.7 Å². The first-order chi connectivity index (χ1) is 7.12. The van der Waals surface area contributed by atoms with Crippen LogP contribution < -0.4 is 0 Å². The molecule has 1 aliphatic rings. The average Bonchev–Trinajstić information content (AvgIpc) is 2.23. The second kappa shape index (κ2) is 4.40. The van der Waals surface area contributed by atoms with Crippen molar-refractivity contribution in [1.82, 2.24) is 4.98 Å².